The summed E-state index contributed by atoms with van der Waals surface area (Å²) in [7, 11) is 1.66. The van der Waals surface area contributed by atoms with E-state index in [-0.39, 0.29) is 12.1 Å². The molecule has 0 radical (unpaired) electrons. The zero-order valence-electron chi connectivity index (χ0n) is 12.8. The van der Waals surface area contributed by atoms with E-state index in [1.165, 1.54) is 0 Å². The second-order valence-electron chi connectivity index (χ2n) is 5.25. The van der Waals surface area contributed by atoms with E-state index >= 15 is 0 Å². The fraction of sp³-hybridized carbons (Fsp3) is 0.625. The van der Waals surface area contributed by atoms with Gasteiger partial charge in [-0.15, -0.1) is 0 Å². The molecule has 21 heavy (non-hydrogen) atoms. The summed E-state index contributed by atoms with van der Waals surface area (Å²) < 4.78 is 43.0. The van der Waals surface area contributed by atoms with Gasteiger partial charge in [0.15, 0.2) is 0 Å². The van der Waals surface area contributed by atoms with Gasteiger partial charge in [0.1, 0.15) is 0 Å². The first-order valence-electron chi connectivity index (χ1n) is 7.31. The molecule has 0 saturated carbocycles. The first kappa shape index (κ1) is 18.0. The second-order valence-corrected chi connectivity index (χ2v) is 5.25. The van der Waals surface area contributed by atoms with E-state index < -0.39 is 11.7 Å². The van der Waals surface area contributed by atoms with Gasteiger partial charge in [-0.25, -0.2) is 0 Å². The van der Waals surface area contributed by atoms with Crippen LogP contribution in [0.2, 0.25) is 0 Å². The van der Waals surface area contributed by atoms with E-state index in [0.717, 1.165) is 43.5 Å². The molecule has 5 heteroatoms. The van der Waals surface area contributed by atoms with Crippen molar-refractivity contribution in [3.05, 3.63) is 35.4 Å². The molecule has 0 aliphatic carbocycles. The molecular weight excluding hydrogens is 279 g/mol. The molecule has 1 aromatic rings. The van der Waals surface area contributed by atoms with Crippen molar-refractivity contribution in [2.75, 3.05) is 13.7 Å². The molecule has 2 atom stereocenters. The molecule has 2 unspecified atom stereocenters. The van der Waals surface area contributed by atoms with Crippen LogP contribution >= 0.6 is 0 Å². The molecule has 1 N–H and O–H groups in total. The van der Waals surface area contributed by atoms with Gasteiger partial charge in [-0.3, -0.25) is 0 Å². The predicted octanol–water partition coefficient (Wildman–Crippen LogP) is 4.56. The standard InChI is InChI=1S/C16H24F3NO/c1-4-11-20-15(10-5-12(2)21-3)13-6-8-14(9-7-13)16(17,18)19/h6-9,12,15,20H,4-5,10-11H2,1-3H3. The average Bonchev–Trinajstić information content (AvgIpc) is 2.46. The van der Waals surface area contributed by atoms with E-state index in [1.54, 1.807) is 19.2 Å². The molecule has 2 nitrogen and oxygen atoms in total. The molecule has 0 aliphatic heterocycles. The highest BCUT2D eigenvalue weighted by Gasteiger charge is 2.30. The van der Waals surface area contributed by atoms with Gasteiger partial charge in [0.25, 0.3) is 0 Å². The van der Waals surface area contributed by atoms with Crippen LogP contribution in [0.25, 0.3) is 0 Å². The maximum absolute atomic E-state index is 12.6. The lowest BCUT2D eigenvalue weighted by Crippen LogP contribution is -2.23. The van der Waals surface area contributed by atoms with Crippen molar-refractivity contribution >= 4 is 0 Å². The zero-order valence-corrected chi connectivity index (χ0v) is 12.8. The van der Waals surface area contributed by atoms with Crippen molar-refractivity contribution in [2.45, 2.75) is 51.4 Å². The Morgan fingerprint density at radius 3 is 2.24 bits per heavy atom. The highest BCUT2D eigenvalue weighted by atomic mass is 19.4. The Morgan fingerprint density at radius 2 is 1.76 bits per heavy atom. The lowest BCUT2D eigenvalue weighted by molar-refractivity contribution is -0.137. The van der Waals surface area contributed by atoms with Gasteiger partial charge in [-0.1, -0.05) is 19.1 Å². The Morgan fingerprint density at radius 1 is 1.14 bits per heavy atom. The number of alkyl halides is 3. The van der Waals surface area contributed by atoms with Crippen LogP contribution in [0.3, 0.4) is 0 Å². The SMILES string of the molecule is CCCNC(CCC(C)OC)c1ccc(C(F)(F)F)cc1. The van der Waals surface area contributed by atoms with E-state index in [4.69, 9.17) is 4.74 Å². The van der Waals surface area contributed by atoms with Crippen LogP contribution < -0.4 is 5.32 Å². The molecule has 0 fully saturated rings. The first-order valence-corrected chi connectivity index (χ1v) is 7.31. The molecular formula is C16H24F3NO. The van der Waals surface area contributed by atoms with E-state index in [9.17, 15) is 13.2 Å². The van der Waals surface area contributed by atoms with Crippen LogP contribution in [-0.2, 0) is 10.9 Å². The Labute approximate surface area is 124 Å². The van der Waals surface area contributed by atoms with Crippen molar-refractivity contribution in [1.29, 1.82) is 0 Å². The normalized spacial score (nSPS) is 15.0. The first-order chi connectivity index (χ1) is 9.88. The van der Waals surface area contributed by atoms with Gasteiger partial charge in [0.05, 0.1) is 11.7 Å². The van der Waals surface area contributed by atoms with Crippen molar-refractivity contribution in [3.63, 3.8) is 0 Å². The van der Waals surface area contributed by atoms with Crippen molar-refractivity contribution in [2.24, 2.45) is 0 Å². The van der Waals surface area contributed by atoms with Crippen molar-refractivity contribution < 1.29 is 17.9 Å². The number of nitrogens with one attached hydrogen (secondary N) is 1. The molecule has 0 saturated heterocycles. The van der Waals surface area contributed by atoms with Crippen LogP contribution in [0.1, 0.15) is 50.3 Å². The smallest absolute Gasteiger partial charge is 0.382 e. The fourth-order valence-electron chi connectivity index (χ4n) is 2.13. The van der Waals surface area contributed by atoms with Gasteiger partial charge in [0.2, 0.25) is 0 Å². The fourth-order valence-corrected chi connectivity index (χ4v) is 2.13. The highest BCUT2D eigenvalue weighted by molar-refractivity contribution is 5.26. The zero-order chi connectivity index (χ0) is 15.9. The number of rotatable bonds is 8. The quantitative estimate of drug-likeness (QED) is 0.760. The van der Waals surface area contributed by atoms with Gasteiger partial charge < -0.3 is 10.1 Å². The third kappa shape index (κ3) is 6.06. The summed E-state index contributed by atoms with van der Waals surface area (Å²) in [6, 6.07) is 5.48. The summed E-state index contributed by atoms with van der Waals surface area (Å²) in [6.45, 7) is 4.89. The molecule has 0 heterocycles. The maximum Gasteiger partial charge on any atom is 0.416 e. The summed E-state index contributed by atoms with van der Waals surface area (Å²) in [5, 5.41) is 3.39. The average molecular weight is 303 g/mol. The Bertz CT molecular complexity index is 403. The molecule has 1 aromatic carbocycles. The van der Waals surface area contributed by atoms with Crippen LogP contribution in [-0.4, -0.2) is 19.8 Å². The third-order valence-corrected chi connectivity index (χ3v) is 3.55. The van der Waals surface area contributed by atoms with E-state index in [0.29, 0.717) is 0 Å². The highest BCUT2D eigenvalue weighted by Crippen LogP contribution is 2.30. The summed E-state index contributed by atoms with van der Waals surface area (Å²) in [5.41, 5.74) is 0.283. The molecule has 0 amide bonds. The topological polar surface area (TPSA) is 21.3 Å². The summed E-state index contributed by atoms with van der Waals surface area (Å²) >= 11 is 0. The lowest BCUT2D eigenvalue weighted by atomic mass is 9.99. The Balaban J connectivity index is 2.77. The number of ether oxygens (including phenoxy) is 1. The number of benzene rings is 1. The lowest BCUT2D eigenvalue weighted by Gasteiger charge is -2.21. The second kappa shape index (κ2) is 8.39. The third-order valence-electron chi connectivity index (χ3n) is 3.55. The van der Waals surface area contributed by atoms with Crippen LogP contribution in [0, 0.1) is 0 Å². The predicted molar refractivity (Wildman–Crippen MR) is 78.2 cm³/mol. The Kier molecular flexibility index (Phi) is 7.18. The molecule has 0 aromatic heterocycles. The minimum absolute atomic E-state index is 0.0600. The van der Waals surface area contributed by atoms with Gasteiger partial charge in [-0.2, -0.15) is 13.2 Å². The minimum atomic E-state index is -4.28. The molecule has 0 aliphatic rings. The number of hydrogen-bond donors (Lipinski definition) is 1. The number of halogens is 3. The van der Waals surface area contributed by atoms with E-state index in [1.807, 2.05) is 6.92 Å². The molecule has 1 rings (SSSR count). The number of hydrogen-bond acceptors (Lipinski definition) is 2. The summed E-state index contributed by atoms with van der Waals surface area (Å²) in [4.78, 5) is 0. The van der Waals surface area contributed by atoms with Gasteiger partial charge >= 0.3 is 6.18 Å². The maximum atomic E-state index is 12.6. The van der Waals surface area contributed by atoms with Crippen LogP contribution in [0.4, 0.5) is 13.2 Å². The van der Waals surface area contributed by atoms with Crippen LogP contribution in [0.5, 0.6) is 0 Å². The van der Waals surface area contributed by atoms with Crippen LogP contribution in [0.15, 0.2) is 24.3 Å². The summed E-state index contributed by atoms with van der Waals surface area (Å²) in [5.74, 6) is 0. The van der Waals surface area contributed by atoms with Crippen molar-refractivity contribution in [3.8, 4) is 0 Å². The summed E-state index contributed by atoms with van der Waals surface area (Å²) in [6.07, 6.45) is -1.46. The largest absolute Gasteiger partial charge is 0.416 e. The van der Waals surface area contributed by atoms with E-state index in [2.05, 4.69) is 12.2 Å². The van der Waals surface area contributed by atoms with Gasteiger partial charge in [-0.05, 0) is 50.4 Å². The monoisotopic (exact) mass is 303 g/mol. The number of methoxy groups -OCH3 is 1. The molecule has 120 valence electrons. The Hall–Kier alpha value is -1.07. The molecule has 0 spiro atoms. The van der Waals surface area contributed by atoms with Gasteiger partial charge in [0, 0.05) is 13.2 Å². The van der Waals surface area contributed by atoms with Crippen molar-refractivity contribution in [1.82, 2.24) is 5.32 Å². The molecule has 0 bridgehead atoms. The minimum Gasteiger partial charge on any atom is -0.382 e.